The molecule has 0 aliphatic carbocycles. The molecule has 1 saturated heterocycles. The molecule has 2 aromatic heterocycles. The minimum atomic E-state index is -1.17. The molecule has 0 radical (unpaired) electrons. The zero-order chi connectivity index (χ0) is 12.7. The Kier molecular flexibility index (Phi) is 2.71. The number of halogens is 1. The molecule has 18 heavy (non-hydrogen) atoms. The van der Waals surface area contributed by atoms with Crippen LogP contribution < -0.4 is 0 Å². The fourth-order valence-corrected chi connectivity index (χ4v) is 2.20. The van der Waals surface area contributed by atoms with Crippen LogP contribution in [-0.2, 0) is 4.74 Å². The predicted molar refractivity (Wildman–Crippen MR) is 60.6 cm³/mol. The third-order valence-electron chi connectivity index (χ3n) is 3.19. The lowest BCUT2D eigenvalue weighted by Gasteiger charge is -2.13. The van der Waals surface area contributed by atoms with Gasteiger partial charge in [-0.3, -0.25) is 4.57 Å². The Morgan fingerprint density at radius 1 is 1.50 bits per heavy atom. The van der Waals surface area contributed by atoms with Crippen molar-refractivity contribution >= 4 is 11.2 Å². The molecule has 1 aliphatic rings. The van der Waals surface area contributed by atoms with Gasteiger partial charge >= 0.3 is 0 Å². The van der Waals surface area contributed by atoms with Crippen molar-refractivity contribution in [1.29, 1.82) is 0 Å². The molecule has 0 saturated carbocycles. The molecule has 1 N–H and O–H groups in total. The standard InChI is InChI=1S/C11H13FN4O2/c1-6-10-11(14-4-13-6)16(5-15-10)9-2-7(12)8(3-17)18-9/h4-5,7-9,17H,2-3H2,1H3/t7-,8+,9+/m0/s1. The van der Waals surface area contributed by atoms with Gasteiger partial charge in [0.05, 0.1) is 18.6 Å². The average molecular weight is 252 g/mol. The molecular formula is C11H13FN4O2. The molecule has 1 aliphatic heterocycles. The summed E-state index contributed by atoms with van der Waals surface area (Å²) >= 11 is 0. The van der Waals surface area contributed by atoms with Crippen LogP contribution in [-0.4, -0.2) is 43.5 Å². The molecule has 0 amide bonds. The molecule has 0 aromatic carbocycles. The van der Waals surface area contributed by atoms with Crippen LogP contribution in [0.3, 0.4) is 0 Å². The number of aliphatic hydroxyl groups is 1. The van der Waals surface area contributed by atoms with E-state index >= 15 is 0 Å². The summed E-state index contributed by atoms with van der Waals surface area (Å²) < 4.78 is 20.7. The van der Waals surface area contributed by atoms with Gasteiger partial charge < -0.3 is 9.84 Å². The predicted octanol–water partition coefficient (Wildman–Crippen LogP) is 0.753. The van der Waals surface area contributed by atoms with Crippen LogP contribution in [0.15, 0.2) is 12.7 Å². The molecule has 0 spiro atoms. The van der Waals surface area contributed by atoms with Crippen molar-refractivity contribution in [2.24, 2.45) is 0 Å². The summed E-state index contributed by atoms with van der Waals surface area (Å²) in [5, 5.41) is 8.99. The zero-order valence-corrected chi connectivity index (χ0v) is 9.82. The maximum absolute atomic E-state index is 13.6. The van der Waals surface area contributed by atoms with E-state index in [2.05, 4.69) is 15.0 Å². The summed E-state index contributed by atoms with van der Waals surface area (Å²) in [6.07, 6.45) is 0.803. The summed E-state index contributed by atoms with van der Waals surface area (Å²) in [6.45, 7) is 1.52. The van der Waals surface area contributed by atoms with Gasteiger partial charge in [-0.15, -0.1) is 0 Å². The van der Waals surface area contributed by atoms with Gasteiger partial charge in [0.25, 0.3) is 0 Å². The molecule has 3 atom stereocenters. The Bertz CT molecular complexity index is 573. The average Bonchev–Trinajstić information content (AvgIpc) is 2.93. The second-order valence-corrected chi connectivity index (χ2v) is 4.35. The van der Waals surface area contributed by atoms with Crippen molar-refractivity contribution in [1.82, 2.24) is 19.5 Å². The summed E-state index contributed by atoms with van der Waals surface area (Å²) in [6, 6.07) is 0. The second kappa shape index (κ2) is 4.25. The largest absolute Gasteiger partial charge is 0.394 e. The summed E-state index contributed by atoms with van der Waals surface area (Å²) in [4.78, 5) is 12.4. The summed E-state index contributed by atoms with van der Waals surface area (Å²) in [7, 11) is 0. The van der Waals surface area contributed by atoms with Crippen LogP contribution in [0.2, 0.25) is 0 Å². The van der Waals surface area contributed by atoms with Crippen molar-refractivity contribution in [3.8, 4) is 0 Å². The van der Waals surface area contributed by atoms with Gasteiger partial charge in [0.15, 0.2) is 5.65 Å². The SMILES string of the molecule is Cc1ncnc2c1ncn2[C@H]1C[C@H](F)[C@@H](CO)O1. The number of aromatic nitrogens is 4. The molecule has 6 nitrogen and oxygen atoms in total. The number of ether oxygens (including phenoxy) is 1. The highest BCUT2D eigenvalue weighted by Gasteiger charge is 2.36. The number of fused-ring (bicyclic) bond motifs is 1. The molecule has 0 unspecified atom stereocenters. The van der Waals surface area contributed by atoms with E-state index < -0.39 is 18.5 Å². The third-order valence-corrected chi connectivity index (χ3v) is 3.19. The van der Waals surface area contributed by atoms with Gasteiger partial charge in [-0.05, 0) is 6.92 Å². The lowest BCUT2D eigenvalue weighted by molar-refractivity contribution is -0.0323. The van der Waals surface area contributed by atoms with Gasteiger partial charge in [0.1, 0.15) is 30.3 Å². The Labute approximate surface area is 102 Å². The van der Waals surface area contributed by atoms with Crippen molar-refractivity contribution < 1.29 is 14.2 Å². The number of aliphatic hydroxyl groups excluding tert-OH is 1. The van der Waals surface area contributed by atoms with Crippen LogP contribution in [0.5, 0.6) is 0 Å². The molecule has 0 bridgehead atoms. The van der Waals surface area contributed by atoms with Gasteiger partial charge in [-0.25, -0.2) is 19.3 Å². The number of alkyl halides is 1. The van der Waals surface area contributed by atoms with E-state index in [1.54, 1.807) is 10.9 Å². The smallest absolute Gasteiger partial charge is 0.165 e. The maximum Gasteiger partial charge on any atom is 0.165 e. The lowest BCUT2D eigenvalue weighted by atomic mass is 10.2. The van der Waals surface area contributed by atoms with Gasteiger partial charge in [-0.2, -0.15) is 0 Å². The molecule has 2 aromatic rings. The van der Waals surface area contributed by atoms with Gasteiger partial charge in [-0.1, -0.05) is 0 Å². The summed E-state index contributed by atoms with van der Waals surface area (Å²) in [5.74, 6) is 0. The minimum Gasteiger partial charge on any atom is -0.394 e. The Morgan fingerprint density at radius 2 is 2.33 bits per heavy atom. The lowest BCUT2D eigenvalue weighted by Crippen LogP contribution is -2.21. The quantitative estimate of drug-likeness (QED) is 0.854. The summed E-state index contributed by atoms with van der Waals surface area (Å²) in [5.41, 5.74) is 2.08. The number of hydrogen-bond acceptors (Lipinski definition) is 5. The van der Waals surface area contributed by atoms with Gasteiger partial charge in [0, 0.05) is 6.42 Å². The van der Waals surface area contributed by atoms with E-state index in [1.807, 2.05) is 6.92 Å². The first-order valence-corrected chi connectivity index (χ1v) is 5.75. The monoisotopic (exact) mass is 252 g/mol. The first-order chi connectivity index (χ1) is 8.70. The van der Waals surface area contributed by atoms with Gasteiger partial charge in [0.2, 0.25) is 0 Å². The van der Waals surface area contributed by atoms with Crippen molar-refractivity contribution in [2.45, 2.75) is 31.8 Å². The van der Waals surface area contributed by atoms with E-state index in [0.29, 0.717) is 11.2 Å². The zero-order valence-electron chi connectivity index (χ0n) is 9.82. The van der Waals surface area contributed by atoms with Crippen LogP contribution in [0.1, 0.15) is 18.3 Å². The number of aryl methyl sites for hydroxylation is 1. The van der Waals surface area contributed by atoms with E-state index in [1.165, 1.54) is 6.33 Å². The van der Waals surface area contributed by atoms with Crippen molar-refractivity contribution in [3.05, 3.63) is 18.3 Å². The van der Waals surface area contributed by atoms with E-state index in [4.69, 9.17) is 9.84 Å². The molecule has 3 rings (SSSR count). The van der Waals surface area contributed by atoms with Crippen LogP contribution >= 0.6 is 0 Å². The number of rotatable bonds is 2. The molecular weight excluding hydrogens is 239 g/mol. The number of imidazole rings is 1. The Balaban J connectivity index is 1.99. The van der Waals surface area contributed by atoms with E-state index in [-0.39, 0.29) is 13.0 Å². The minimum absolute atomic E-state index is 0.194. The normalized spacial score (nSPS) is 28.1. The Hall–Kier alpha value is -1.60. The third kappa shape index (κ3) is 1.67. The van der Waals surface area contributed by atoms with Crippen LogP contribution in [0, 0.1) is 6.92 Å². The number of hydrogen-bond donors (Lipinski definition) is 1. The first-order valence-electron chi connectivity index (χ1n) is 5.75. The van der Waals surface area contributed by atoms with Crippen LogP contribution in [0.4, 0.5) is 4.39 Å². The molecule has 3 heterocycles. The highest BCUT2D eigenvalue weighted by Crippen LogP contribution is 2.32. The van der Waals surface area contributed by atoms with E-state index in [0.717, 1.165) is 5.69 Å². The first kappa shape index (κ1) is 11.5. The molecule has 7 heteroatoms. The fourth-order valence-electron chi connectivity index (χ4n) is 2.20. The van der Waals surface area contributed by atoms with E-state index in [9.17, 15) is 4.39 Å². The molecule has 96 valence electrons. The highest BCUT2D eigenvalue weighted by molar-refractivity contribution is 5.72. The maximum atomic E-state index is 13.6. The Morgan fingerprint density at radius 3 is 3.06 bits per heavy atom. The van der Waals surface area contributed by atoms with Crippen molar-refractivity contribution in [3.63, 3.8) is 0 Å². The van der Waals surface area contributed by atoms with Crippen molar-refractivity contribution in [2.75, 3.05) is 6.61 Å². The number of nitrogens with zero attached hydrogens (tertiary/aromatic N) is 4. The topological polar surface area (TPSA) is 73.1 Å². The second-order valence-electron chi connectivity index (χ2n) is 4.35. The highest BCUT2D eigenvalue weighted by atomic mass is 19.1. The molecule has 1 fully saturated rings. The van der Waals surface area contributed by atoms with Crippen LogP contribution in [0.25, 0.3) is 11.2 Å². The fraction of sp³-hybridized carbons (Fsp3) is 0.545.